The first kappa shape index (κ1) is 25.6. The fourth-order valence-corrected chi connectivity index (χ4v) is 4.51. The van der Waals surface area contributed by atoms with Crippen LogP contribution >= 0.6 is 0 Å². The molecule has 0 amide bonds. The van der Waals surface area contributed by atoms with Crippen LogP contribution in [0.4, 0.5) is 0 Å². The Morgan fingerprint density at radius 2 is 1.27 bits per heavy atom. The van der Waals surface area contributed by atoms with Gasteiger partial charge in [0.25, 0.3) is 0 Å². The van der Waals surface area contributed by atoms with E-state index in [4.69, 9.17) is 9.47 Å². The predicted octanol–water partition coefficient (Wildman–Crippen LogP) is 4.69. The molecule has 0 aliphatic carbocycles. The lowest BCUT2D eigenvalue weighted by Crippen LogP contribution is -2.53. The van der Waals surface area contributed by atoms with Crippen LogP contribution in [0.2, 0.25) is 0 Å². The van der Waals surface area contributed by atoms with Crippen molar-refractivity contribution in [2.75, 3.05) is 14.2 Å². The van der Waals surface area contributed by atoms with Crippen LogP contribution in [0.1, 0.15) is 22.3 Å². The molecule has 4 aromatic carbocycles. The first-order valence-corrected chi connectivity index (χ1v) is 11.7. The van der Waals surface area contributed by atoms with Gasteiger partial charge in [-0.25, -0.2) is 0 Å². The molecule has 4 rings (SSSR count). The van der Waals surface area contributed by atoms with E-state index in [0.717, 1.165) is 16.7 Å². The van der Waals surface area contributed by atoms with E-state index in [9.17, 15) is 20.1 Å². The lowest BCUT2D eigenvalue weighted by molar-refractivity contribution is -0.139. The van der Waals surface area contributed by atoms with Crippen molar-refractivity contribution in [3.8, 4) is 23.0 Å². The van der Waals surface area contributed by atoms with Gasteiger partial charge in [0.1, 0.15) is 17.5 Å². The quantitative estimate of drug-likeness (QED) is 0.185. The molecule has 7 nitrogen and oxygen atoms in total. The zero-order chi connectivity index (χ0) is 26.4. The van der Waals surface area contributed by atoms with Crippen molar-refractivity contribution in [2.24, 2.45) is 0 Å². The highest BCUT2D eigenvalue weighted by Crippen LogP contribution is 2.39. The number of aliphatic carboxylic acids is 1. The van der Waals surface area contributed by atoms with Gasteiger partial charge in [-0.3, -0.25) is 10.1 Å². The average Bonchev–Trinajstić information content (AvgIpc) is 2.93. The van der Waals surface area contributed by atoms with E-state index >= 15 is 0 Å². The number of nitrogens with one attached hydrogen (secondary N) is 1. The van der Waals surface area contributed by atoms with Crippen LogP contribution in [0.15, 0.2) is 97.1 Å². The van der Waals surface area contributed by atoms with Crippen molar-refractivity contribution in [1.82, 2.24) is 5.32 Å². The molecular formula is C30H29NO6. The van der Waals surface area contributed by atoms with E-state index in [1.165, 1.54) is 12.1 Å². The molecular weight excluding hydrogens is 470 g/mol. The number of benzene rings is 4. The molecule has 4 N–H and O–H groups in total. The highest BCUT2D eigenvalue weighted by atomic mass is 16.5. The summed E-state index contributed by atoms with van der Waals surface area (Å²) in [5, 5.41) is 33.4. The number of hydrogen-bond donors (Lipinski definition) is 4. The molecule has 0 aromatic heterocycles. The molecule has 37 heavy (non-hydrogen) atoms. The van der Waals surface area contributed by atoms with Crippen molar-refractivity contribution in [3.05, 3.63) is 119 Å². The third kappa shape index (κ3) is 5.37. The summed E-state index contributed by atoms with van der Waals surface area (Å²) in [7, 11) is 3.18. The maximum absolute atomic E-state index is 12.6. The molecule has 0 aliphatic rings. The molecule has 0 spiro atoms. The lowest BCUT2D eigenvalue weighted by Gasteiger charge is -2.39. The van der Waals surface area contributed by atoms with Crippen molar-refractivity contribution < 1.29 is 29.6 Å². The molecule has 1 atom stereocenters. The molecule has 0 heterocycles. The molecule has 0 radical (unpaired) electrons. The standard InChI is InChI=1S/C30H29NO6/c1-36-24-13-9-22(10-14-24)30(21-6-4-3-5-7-21,23-11-15-25(37-2)16-12-23)31-26(29(34)35)18-20-8-17-27(32)28(33)19-20/h3-17,19,26,31-33H,18H2,1-2H3,(H,34,35)/t26-/m0/s1. The summed E-state index contributed by atoms with van der Waals surface area (Å²) in [5.41, 5.74) is 1.95. The predicted molar refractivity (Wildman–Crippen MR) is 140 cm³/mol. The van der Waals surface area contributed by atoms with Gasteiger partial charge in [-0.1, -0.05) is 60.7 Å². The van der Waals surface area contributed by atoms with Crippen LogP contribution in [0.5, 0.6) is 23.0 Å². The third-order valence-electron chi connectivity index (χ3n) is 6.42. The smallest absolute Gasteiger partial charge is 0.321 e. The Bertz CT molecular complexity index is 1290. The van der Waals surface area contributed by atoms with Gasteiger partial charge < -0.3 is 24.8 Å². The van der Waals surface area contributed by atoms with Gasteiger partial charge in [-0.2, -0.15) is 0 Å². The van der Waals surface area contributed by atoms with Crippen molar-refractivity contribution in [1.29, 1.82) is 0 Å². The summed E-state index contributed by atoms with van der Waals surface area (Å²) in [6.45, 7) is 0. The highest BCUT2D eigenvalue weighted by Gasteiger charge is 2.40. The fraction of sp³-hybridized carbons (Fsp3) is 0.167. The van der Waals surface area contributed by atoms with Crippen LogP contribution in [-0.2, 0) is 16.8 Å². The monoisotopic (exact) mass is 499 g/mol. The number of phenolic OH excluding ortho intramolecular Hbond substituents is 2. The first-order valence-electron chi connectivity index (χ1n) is 11.7. The minimum absolute atomic E-state index is 0.0596. The highest BCUT2D eigenvalue weighted by molar-refractivity contribution is 5.75. The van der Waals surface area contributed by atoms with E-state index in [1.54, 1.807) is 20.3 Å². The normalized spacial score (nSPS) is 12.1. The Labute approximate surface area is 215 Å². The Hall–Kier alpha value is -4.49. The summed E-state index contributed by atoms with van der Waals surface area (Å²) in [5.74, 6) is -0.278. The summed E-state index contributed by atoms with van der Waals surface area (Å²) in [4.78, 5) is 12.6. The van der Waals surface area contributed by atoms with Gasteiger partial charge in [0.2, 0.25) is 0 Å². The Kier molecular flexibility index (Phi) is 7.65. The minimum Gasteiger partial charge on any atom is -0.504 e. The summed E-state index contributed by atoms with van der Waals surface area (Å²) in [6.07, 6.45) is 0.0596. The summed E-state index contributed by atoms with van der Waals surface area (Å²) >= 11 is 0. The van der Waals surface area contributed by atoms with Crippen LogP contribution in [-0.4, -0.2) is 41.6 Å². The van der Waals surface area contributed by atoms with Crippen LogP contribution < -0.4 is 14.8 Å². The number of carboxylic acids is 1. The van der Waals surface area contributed by atoms with Gasteiger partial charge in [-0.15, -0.1) is 0 Å². The Balaban J connectivity index is 1.91. The first-order chi connectivity index (χ1) is 17.9. The van der Waals surface area contributed by atoms with E-state index in [1.807, 2.05) is 78.9 Å². The third-order valence-corrected chi connectivity index (χ3v) is 6.42. The molecule has 0 saturated carbocycles. The molecule has 4 aromatic rings. The number of rotatable bonds is 10. The molecule has 0 saturated heterocycles. The second kappa shape index (κ2) is 11.1. The van der Waals surface area contributed by atoms with Gasteiger partial charge in [0, 0.05) is 0 Å². The van der Waals surface area contributed by atoms with Gasteiger partial charge in [-0.05, 0) is 65.1 Å². The number of methoxy groups -OCH3 is 2. The second-order valence-electron chi connectivity index (χ2n) is 8.64. The maximum Gasteiger partial charge on any atom is 0.321 e. The number of phenols is 2. The largest absolute Gasteiger partial charge is 0.504 e. The molecule has 0 unspecified atom stereocenters. The lowest BCUT2D eigenvalue weighted by atomic mass is 9.76. The zero-order valence-electron chi connectivity index (χ0n) is 20.6. The van der Waals surface area contributed by atoms with Crippen LogP contribution in [0.25, 0.3) is 0 Å². The number of aromatic hydroxyl groups is 2. The molecule has 0 bridgehead atoms. The second-order valence-corrected chi connectivity index (χ2v) is 8.64. The van der Waals surface area contributed by atoms with Crippen LogP contribution in [0, 0.1) is 0 Å². The maximum atomic E-state index is 12.6. The summed E-state index contributed by atoms with van der Waals surface area (Å²) < 4.78 is 10.7. The van der Waals surface area contributed by atoms with E-state index in [-0.39, 0.29) is 17.9 Å². The van der Waals surface area contributed by atoms with E-state index in [2.05, 4.69) is 5.32 Å². The van der Waals surface area contributed by atoms with Crippen molar-refractivity contribution in [2.45, 2.75) is 18.0 Å². The number of ether oxygens (including phenoxy) is 2. The molecule has 0 fully saturated rings. The summed E-state index contributed by atoms with van der Waals surface area (Å²) in [6, 6.07) is 27.9. The van der Waals surface area contributed by atoms with E-state index in [0.29, 0.717) is 17.1 Å². The Morgan fingerprint density at radius 3 is 1.73 bits per heavy atom. The Morgan fingerprint density at radius 1 is 0.757 bits per heavy atom. The fourth-order valence-electron chi connectivity index (χ4n) is 4.51. The SMILES string of the molecule is COc1ccc(C(N[C@@H](Cc2ccc(O)c(O)c2)C(=O)O)(c2ccccc2)c2ccc(OC)cc2)cc1. The number of carbonyl (C=O) groups is 1. The van der Waals surface area contributed by atoms with Crippen molar-refractivity contribution >= 4 is 5.97 Å². The van der Waals surface area contributed by atoms with Crippen LogP contribution in [0.3, 0.4) is 0 Å². The molecule has 7 heteroatoms. The average molecular weight is 500 g/mol. The number of hydrogen-bond acceptors (Lipinski definition) is 6. The van der Waals surface area contributed by atoms with E-state index < -0.39 is 17.6 Å². The minimum atomic E-state index is -1.07. The topological polar surface area (TPSA) is 108 Å². The number of carboxylic acid groups (broad SMARTS) is 1. The van der Waals surface area contributed by atoms with Gasteiger partial charge in [0.15, 0.2) is 11.5 Å². The van der Waals surface area contributed by atoms with Crippen molar-refractivity contribution in [3.63, 3.8) is 0 Å². The van der Waals surface area contributed by atoms with Gasteiger partial charge >= 0.3 is 5.97 Å². The van der Waals surface area contributed by atoms with Gasteiger partial charge in [0.05, 0.1) is 19.8 Å². The zero-order valence-corrected chi connectivity index (χ0v) is 20.6. The molecule has 0 aliphatic heterocycles. The molecule has 190 valence electrons.